The van der Waals surface area contributed by atoms with Crippen LogP contribution in [-0.4, -0.2) is 85.3 Å². The van der Waals surface area contributed by atoms with Gasteiger partial charge in [-0.05, 0) is 137 Å². The predicted molar refractivity (Wildman–Crippen MR) is 256 cm³/mol. The van der Waals surface area contributed by atoms with Gasteiger partial charge in [0.05, 0.1) is 19.8 Å². The van der Waals surface area contributed by atoms with E-state index in [-0.39, 0.29) is 48.3 Å². The van der Waals surface area contributed by atoms with Gasteiger partial charge in [-0.3, -0.25) is 9.69 Å². The number of benzene rings is 3. The average molecular weight is 1000 g/mol. The summed E-state index contributed by atoms with van der Waals surface area (Å²) in [4.78, 5) is 69.9. The summed E-state index contributed by atoms with van der Waals surface area (Å²) in [5, 5.41) is 0. The fourth-order valence-electron chi connectivity index (χ4n) is 13.6. The summed E-state index contributed by atoms with van der Waals surface area (Å²) in [5.41, 5.74) is -0.860. The number of halogens is 3. The summed E-state index contributed by atoms with van der Waals surface area (Å²) in [6, 6.07) is 23.7. The van der Waals surface area contributed by atoms with Gasteiger partial charge in [0.25, 0.3) is 0 Å². The first-order chi connectivity index (χ1) is 34.1. The molecule has 5 fully saturated rings. The van der Waals surface area contributed by atoms with E-state index in [9.17, 15) is 37.1 Å². The van der Waals surface area contributed by atoms with Gasteiger partial charge in [0.2, 0.25) is 0 Å². The Morgan fingerprint density at radius 2 is 1.46 bits per heavy atom. The van der Waals surface area contributed by atoms with Crippen molar-refractivity contribution < 1.29 is 70.3 Å². The molecule has 1 saturated heterocycles. The van der Waals surface area contributed by atoms with E-state index in [4.69, 9.17) is 33.2 Å². The van der Waals surface area contributed by atoms with Crippen molar-refractivity contribution >= 4 is 30.0 Å². The molecule has 0 aromatic heterocycles. The standard InChI is InChI=1S/C56H68F3NO12/c1-32(19-26-44(61)67-8)39-24-25-40-45-41(31-43(55(39,40)6)70-51(64)56(57,58)59)54(5)28-27-38(29-36(54)30-42(45)69-49(62)35-17-13-10-14-18-35)68-50(63)47-46(33-15-11-9-12-16-33)60(52(65)72-53(2,3)4)48(71-47)34-20-22-37(66-7)23-21-34/h9-18,20-23,32,36,38-43,45-48H,19,24-31H2,1-8H3/t32-,36+,38-,39-,40+,41+,42-,43+,45+,46-,47+,48+,54+,55-/m1/s1. The van der Waals surface area contributed by atoms with Crippen LogP contribution in [0.5, 0.6) is 5.75 Å². The van der Waals surface area contributed by atoms with Crippen LogP contribution in [0.3, 0.4) is 0 Å². The van der Waals surface area contributed by atoms with Crippen molar-refractivity contribution in [1.29, 1.82) is 0 Å². The summed E-state index contributed by atoms with van der Waals surface area (Å²) in [7, 11) is 2.86. The maximum atomic E-state index is 14.9. The number of methoxy groups -OCH3 is 2. The lowest BCUT2D eigenvalue weighted by molar-refractivity contribution is -0.239. The van der Waals surface area contributed by atoms with Gasteiger partial charge in [-0.1, -0.05) is 81.4 Å². The number of ether oxygens (including phenoxy) is 7. The Kier molecular flexibility index (Phi) is 15.1. The number of esters is 4. The molecular formula is C56H68F3NO12. The average Bonchev–Trinajstić information content (AvgIpc) is 3.93. The van der Waals surface area contributed by atoms with E-state index >= 15 is 0 Å². The van der Waals surface area contributed by atoms with Gasteiger partial charge in [0, 0.05) is 23.3 Å². The molecule has 0 unspecified atom stereocenters. The van der Waals surface area contributed by atoms with E-state index in [0.29, 0.717) is 67.4 Å². The van der Waals surface area contributed by atoms with Gasteiger partial charge in [-0.15, -0.1) is 0 Å². The highest BCUT2D eigenvalue weighted by Crippen LogP contribution is 2.69. The first-order valence-corrected chi connectivity index (χ1v) is 25.2. The third-order valence-electron chi connectivity index (χ3n) is 17.0. The lowest BCUT2D eigenvalue weighted by Crippen LogP contribution is -2.64. The minimum Gasteiger partial charge on any atom is -0.497 e. The molecule has 4 aliphatic carbocycles. The molecular weight excluding hydrogens is 936 g/mol. The maximum Gasteiger partial charge on any atom is 0.490 e. The zero-order valence-electron chi connectivity index (χ0n) is 42.4. The van der Waals surface area contributed by atoms with Crippen LogP contribution < -0.4 is 4.74 Å². The van der Waals surface area contributed by atoms with Crippen LogP contribution in [-0.2, 0) is 42.8 Å². The SMILES string of the molecule is COC(=O)CC[C@@H](C)[C@H]1CC[C@H]2[C@@H]3[C@H](OC(=O)c4ccccc4)C[C@@H]4C[C@H](OC(=O)[C@H]5O[C@@H](c6ccc(OC)cc6)N(C(=O)OC(C)(C)C)[C@@H]5c5ccccc5)CC[C@]4(C)[C@H]3C[C@H](OC(=O)C(F)(F)F)[C@]12C. The lowest BCUT2D eigenvalue weighted by atomic mass is 9.43. The molecule has 3 aromatic rings. The van der Waals surface area contributed by atoms with E-state index in [1.807, 2.05) is 44.2 Å². The second kappa shape index (κ2) is 20.7. The normalized spacial score (nSPS) is 32.5. The van der Waals surface area contributed by atoms with Gasteiger partial charge >= 0.3 is 36.1 Å². The van der Waals surface area contributed by atoms with Crippen molar-refractivity contribution in [2.75, 3.05) is 14.2 Å². The first kappa shape index (κ1) is 52.7. The summed E-state index contributed by atoms with van der Waals surface area (Å²) in [6.45, 7) is 11.3. The third kappa shape index (κ3) is 10.4. The van der Waals surface area contributed by atoms with Crippen LogP contribution in [0.2, 0.25) is 0 Å². The minimum absolute atomic E-state index is 0.0957. The van der Waals surface area contributed by atoms with Gasteiger partial charge in [-0.2, -0.15) is 13.2 Å². The molecule has 14 atom stereocenters. The van der Waals surface area contributed by atoms with Crippen molar-refractivity contribution in [1.82, 2.24) is 4.90 Å². The molecule has 13 nitrogen and oxygen atoms in total. The van der Waals surface area contributed by atoms with Crippen molar-refractivity contribution in [3.05, 3.63) is 102 Å². The van der Waals surface area contributed by atoms with Crippen LogP contribution in [0.4, 0.5) is 18.0 Å². The molecule has 1 amide bonds. The number of rotatable bonds is 12. The molecule has 0 N–H and O–H groups in total. The van der Waals surface area contributed by atoms with Gasteiger partial charge < -0.3 is 33.2 Å². The predicted octanol–water partition coefficient (Wildman–Crippen LogP) is 11.2. The Labute approximate surface area is 419 Å². The molecule has 1 heterocycles. The van der Waals surface area contributed by atoms with Crippen LogP contribution in [0.1, 0.15) is 133 Å². The van der Waals surface area contributed by atoms with E-state index in [2.05, 4.69) is 6.92 Å². The number of carbonyl (C=O) groups excluding carboxylic acids is 5. The van der Waals surface area contributed by atoms with Crippen LogP contribution in [0.25, 0.3) is 0 Å². The first-order valence-electron chi connectivity index (χ1n) is 25.2. The van der Waals surface area contributed by atoms with E-state index < -0.39 is 89.3 Å². The molecule has 3 aromatic carbocycles. The number of hydrogen-bond donors (Lipinski definition) is 0. The molecule has 8 rings (SSSR count). The molecule has 16 heteroatoms. The monoisotopic (exact) mass is 1000 g/mol. The fraction of sp³-hybridized carbons (Fsp3) is 0.589. The zero-order chi connectivity index (χ0) is 51.9. The Morgan fingerprint density at radius 3 is 2.08 bits per heavy atom. The highest BCUT2D eigenvalue weighted by molar-refractivity contribution is 5.89. The molecule has 72 heavy (non-hydrogen) atoms. The summed E-state index contributed by atoms with van der Waals surface area (Å²) >= 11 is 0. The lowest BCUT2D eigenvalue weighted by Gasteiger charge is -2.64. The smallest absolute Gasteiger partial charge is 0.490 e. The summed E-state index contributed by atoms with van der Waals surface area (Å²) in [5.74, 6) is -4.86. The molecule has 390 valence electrons. The number of fused-ring (bicyclic) bond motifs is 5. The number of alkyl halides is 3. The molecule has 0 spiro atoms. The molecule has 0 bridgehead atoms. The van der Waals surface area contributed by atoms with E-state index in [1.54, 1.807) is 82.5 Å². The van der Waals surface area contributed by atoms with Gasteiger partial charge in [-0.25, -0.2) is 19.2 Å². The van der Waals surface area contributed by atoms with Gasteiger partial charge in [0.1, 0.15) is 35.7 Å². The largest absolute Gasteiger partial charge is 0.497 e. The third-order valence-corrected chi connectivity index (χ3v) is 17.0. The topological polar surface area (TPSA) is 153 Å². The Balaban J connectivity index is 1.12. The number of hydrogen-bond acceptors (Lipinski definition) is 12. The second-order valence-corrected chi connectivity index (χ2v) is 22.1. The fourth-order valence-corrected chi connectivity index (χ4v) is 13.6. The Morgan fingerprint density at radius 1 is 0.792 bits per heavy atom. The number of nitrogens with zero attached hydrogens (tertiary/aromatic N) is 1. The highest BCUT2D eigenvalue weighted by atomic mass is 19.4. The van der Waals surface area contributed by atoms with Crippen LogP contribution in [0.15, 0.2) is 84.9 Å². The van der Waals surface area contributed by atoms with Crippen LogP contribution in [0, 0.1) is 46.3 Å². The number of carbonyl (C=O) groups is 5. The van der Waals surface area contributed by atoms with Crippen LogP contribution >= 0.6 is 0 Å². The van der Waals surface area contributed by atoms with E-state index in [0.717, 1.165) is 0 Å². The quantitative estimate of drug-likeness (QED) is 0.125. The molecule has 1 aliphatic heterocycles. The van der Waals surface area contributed by atoms with Crippen molar-refractivity contribution in [3.63, 3.8) is 0 Å². The number of amides is 1. The minimum atomic E-state index is -5.23. The maximum absolute atomic E-state index is 14.9. The molecule has 4 saturated carbocycles. The summed E-state index contributed by atoms with van der Waals surface area (Å²) < 4.78 is 84.2. The zero-order valence-corrected chi connectivity index (χ0v) is 42.4. The Bertz CT molecular complexity index is 2430. The van der Waals surface area contributed by atoms with Gasteiger partial charge in [0.15, 0.2) is 12.3 Å². The second-order valence-electron chi connectivity index (χ2n) is 22.1. The van der Waals surface area contributed by atoms with Crippen molar-refractivity contribution in [2.24, 2.45) is 46.3 Å². The summed E-state index contributed by atoms with van der Waals surface area (Å²) in [6.07, 6.45) is -7.24. The Hall–Kier alpha value is -5.64. The van der Waals surface area contributed by atoms with Crippen molar-refractivity contribution in [3.8, 4) is 5.75 Å². The molecule has 5 aliphatic rings. The molecule has 0 radical (unpaired) electrons. The van der Waals surface area contributed by atoms with E-state index in [1.165, 1.54) is 12.0 Å². The highest BCUT2D eigenvalue weighted by Gasteiger charge is 2.68. The van der Waals surface area contributed by atoms with Crippen molar-refractivity contribution in [2.45, 2.75) is 148 Å².